The van der Waals surface area contributed by atoms with Crippen molar-refractivity contribution in [3.05, 3.63) is 106 Å². The number of halogens is 3. The van der Waals surface area contributed by atoms with Gasteiger partial charge in [-0.05, 0) is 55.8 Å². The van der Waals surface area contributed by atoms with Crippen molar-refractivity contribution in [1.29, 1.82) is 0 Å². The van der Waals surface area contributed by atoms with Crippen molar-refractivity contribution in [2.24, 2.45) is 10.9 Å². The third-order valence-corrected chi connectivity index (χ3v) is 9.02. The maximum absolute atomic E-state index is 13.9. The summed E-state index contributed by atoms with van der Waals surface area (Å²) in [5.74, 6) is 0.797. The summed E-state index contributed by atoms with van der Waals surface area (Å²) in [6, 6.07) is 15.6. The van der Waals surface area contributed by atoms with E-state index in [1.165, 1.54) is 18.3 Å². The lowest BCUT2D eigenvalue weighted by Crippen LogP contribution is -2.58. The van der Waals surface area contributed by atoms with Gasteiger partial charge in [-0.3, -0.25) is 14.2 Å². The molecule has 2 bridgehead atoms. The topological polar surface area (TPSA) is 79.1 Å². The quantitative estimate of drug-likeness (QED) is 0.269. The zero-order chi connectivity index (χ0) is 29.1. The van der Waals surface area contributed by atoms with E-state index in [2.05, 4.69) is 0 Å². The van der Waals surface area contributed by atoms with Gasteiger partial charge in [0, 0.05) is 16.1 Å². The van der Waals surface area contributed by atoms with Crippen LogP contribution in [0.4, 0.5) is 0 Å². The number of ketones is 1. The smallest absolute Gasteiger partial charge is 0.270 e. The maximum Gasteiger partial charge on any atom is 0.270 e. The minimum Gasteiger partial charge on any atom is -0.496 e. The Labute approximate surface area is 254 Å². The molecule has 0 saturated heterocycles. The summed E-state index contributed by atoms with van der Waals surface area (Å²) in [7, 11) is 1.57. The Kier molecular flexibility index (Phi) is 7.14. The summed E-state index contributed by atoms with van der Waals surface area (Å²) >= 11 is 19.8. The van der Waals surface area contributed by atoms with E-state index in [1.807, 2.05) is 36.4 Å². The summed E-state index contributed by atoms with van der Waals surface area (Å²) in [4.78, 5) is 32.0. The highest BCUT2D eigenvalue weighted by atomic mass is 35.5. The van der Waals surface area contributed by atoms with Crippen LogP contribution in [0.15, 0.2) is 64.4 Å². The van der Waals surface area contributed by atoms with E-state index >= 15 is 0 Å². The molecule has 0 saturated carbocycles. The number of carbonyl (C=O) groups excluding carboxylic acids is 1. The lowest BCUT2D eigenvalue weighted by molar-refractivity contribution is -0.132. The molecule has 0 aliphatic carbocycles. The van der Waals surface area contributed by atoms with Gasteiger partial charge in [-0.1, -0.05) is 70.4 Å². The molecule has 41 heavy (non-hydrogen) atoms. The first-order valence-electron chi connectivity index (χ1n) is 12.6. The minimum absolute atomic E-state index is 0.0919. The molecule has 3 aromatic carbocycles. The number of ether oxygens (including phenoxy) is 3. The number of nitrogens with zero attached hydrogens (tertiary/aromatic N) is 2. The highest BCUT2D eigenvalue weighted by molar-refractivity contribution is 7.07. The first-order chi connectivity index (χ1) is 19.6. The van der Waals surface area contributed by atoms with Crippen molar-refractivity contribution in [1.82, 2.24) is 4.57 Å². The molecule has 1 aromatic heterocycles. The van der Waals surface area contributed by atoms with Crippen LogP contribution in [0.5, 0.6) is 17.2 Å². The summed E-state index contributed by atoms with van der Waals surface area (Å²) in [5.41, 5.74) is 0.918. The Morgan fingerprint density at radius 1 is 1.15 bits per heavy atom. The fourth-order valence-corrected chi connectivity index (χ4v) is 7.55. The van der Waals surface area contributed by atoms with Crippen LogP contribution in [-0.4, -0.2) is 23.2 Å². The lowest BCUT2D eigenvalue weighted by Gasteiger charge is -2.45. The molecular weight excluding hydrogens is 607 g/mol. The standard InChI is InChI=1S/C30H23Cl3N2O5S/c1-15(36)25-26-19-6-4-5-7-23(19)40-30(25,2)34-29-35(26)28(37)24(41-29)11-16-8-9-22(38-3)17(10-16)14-39-27-20(32)12-18(31)13-21(27)33/h4-13,25-26H,14H2,1-3H3/t25-,26-,30+/m0/s1. The van der Waals surface area contributed by atoms with E-state index in [0.717, 1.165) is 16.7 Å². The Balaban J connectivity index is 1.42. The van der Waals surface area contributed by atoms with Crippen molar-refractivity contribution >= 4 is 58.0 Å². The van der Waals surface area contributed by atoms with Crippen molar-refractivity contribution in [3.63, 3.8) is 0 Å². The van der Waals surface area contributed by atoms with Gasteiger partial charge in [-0.25, -0.2) is 4.99 Å². The predicted octanol–water partition coefficient (Wildman–Crippen LogP) is 5.82. The number of benzene rings is 3. The zero-order valence-electron chi connectivity index (χ0n) is 22.1. The van der Waals surface area contributed by atoms with Crippen LogP contribution in [0, 0.1) is 5.92 Å². The van der Waals surface area contributed by atoms with Gasteiger partial charge in [0.2, 0.25) is 5.72 Å². The SMILES string of the molecule is COc1ccc(C=c2sc3n(c2=O)[C@H]2c4ccccc4O[C@@](C)(N=3)[C@H]2C(C)=O)cc1COc1c(Cl)cc(Cl)cc1Cl. The number of Topliss-reactive ketones (excluding diaryl/α,β-unsaturated/α-hetero) is 1. The monoisotopic (exact) mass is 628 g/mol. The molecule has 4 aromatic rings. The van der Waals surface area contributed by atoms with Crippen molar-refractivity contribution < 1.29 is 19.0 Å². The molecule has 0 radical (unpaired) electrons. The van der Waals surface area contributed by atoms with Gasteiger partial charge in [0.05, 0.1) is 27.7 Å². The average molecular weight is 630 g/mol. The number of aromatic nitrogens is 1. The second-order valence-electron chi connectivity index (χ2n) is 9.97. The van der Waals surface area contributed by atoms with Crippen LogP contribution in [0.25, 0.3) is 6.08 Å². The van der Waals surface area contributed by atoms with Gasteiger partial charge < -0.3 is 14.2 Å². The van der Waals surface area contributed by atoms with E-state index in [9.17, 15) is 9.59 Å². The van der Waals surface area contributed by atoms with Crippen LogP contribution in [0.3, 0.4) is 0 Å². The number of hydrogen-bond donors (Lipinski definition) is 0. The summed E-state index contributed by atoms with van der Waals surface area (Å²) in [6.45, 7) is 3.42. The van der Waals surface area contributed by atoms with Gasteiger partial charge in [-0.15, -0.1) is 0 Å². The first-order valence-corrected chi connectivity index (χ1v) is 14.6. The molecule has 3 atom stereocenters. The number of hydrogen-bond acceptors (Lipinski definition) is 7. The molecule has 6 rings (SSSR count). The summed E-state index contributed by atoms with van der Waals surface area (Å²) < 4.78 is 19.8. The Bertz CT molecular complexity index is 1880. The molecule has 11 heteroatoms. The minimum atomic E-state index is -1.12. The molecule has 7 nitrogen and oxygen atoms in total. The molecule has 0 amide bonds. The normalized spacial score (nSPS) is 20.9. The fourth-order valence-electron chi connectivity index (χ4n) is 5.53. The molecule has 2 aliphatic rings. The Morgan fingerprint density at radius 3 is 2.59 bits per heavy atom. The molecular formula is C30H23Cl3N2O5S. The number of carbonyl (C=O) groups is 1. The third kappa shape index (κ3) is 4.83. The summed E-state index contributed by atoms with van der Waals surface area (Å²) in [5, 5.41) is 0.984. The molecule has 0 spiro atoms. The average Bonchev–Trinajstić information content (AvgIpc) is 3.20. The largest absolute Gasteiger partial charge is 0.496 e. The predicted molar refractivity (Wildman–Crippen MR) is 160 cm³/mol. The van der Waals surface area contributed by atoms with Gasteiger partial charge >= 0.3 is 0 Å². The van der Waals surface area contributed by atoms with Crippen LogP contribution in [-0.2, 0) is 11.4 Å². The van der Waals surface area contributed by atoms with Crippen molar-refractivity contribution in [2.45, 2.75) is 32.2 Å². The van der Waals surface area contributed by atoms with Crippen LogP contribution < -0.4 is 29.1 Å². The molecule has 0 N–H and O–H groups in total. The molecule has 210 valence electrons. The fraction of sp³-hybridized carbons (Fsp3) is 0.233. The van der Waals surface area contributed by atoms with Crippen LogP contribution >= 0.6 is 46.1 Å². The van der Waals surface area contributed by atoms with Gasteiger partial charge in [0.1, 0.15) is 29.8 Å². The Morgan fingerprint density at radius 2 is 1.88 bits per heavy atom. The number of methoxy groups -OCH3 is 1. The van der Waals surface area contributed by atoms with Gasteiger partial charge in [0.25, 0.3) is 5.56 Å². The number of rotatable bonds is 6. The number of fused-ring (bicyclic) bond motifs is 6. The third-order valence-electron chi connectivity index (χ3n) is 7.26. The van der Waals surface area contributed by atoms with Crippen LogP contribution in [0.1, 0.15) is 36.6 Å². The van der Waals surface area contributed by atoms with Gasteiger partial charge in [-0.2, -0.15) is 0 Å². The maximum atomic E-state index is 13.9. The second-order valence-corrected chi connectivity index (χ2v) is 12.2. The summed E-state index contributed by atoms with van der Waals surface area (Å²) in [6.07, 6.45) is 1.79. The number of thiazole rings is 1. The van der Waals surface area contributed by atoms with Crippen molar-refractivity contribution in [2.75, 3.05) is 7.11 Å². The van der Waals surface area contributed by atoms with Gasteiger partial charge in [0.15, 0.2) is 10.6 Å². The van der Waals surface area contributed by atoms with E-state index in [4.69, 9.17) is 54.0 Å². The zero-order valence-corrected chi connectivity index (χ0v) is 25.2. The molecule has 2 aliphatic heterocycles. The highest BCUT2D eigenvalue weighted by Crippen LogP contribution is 2.47. The van der Waals surface area contributed by atoms with E-state index in [1.54, 1.807) is 42.9 Å². The van der Waals surface area contributed by atoms with E-state index < -0.39 is 17.7 Å². The highest BCUT2D eigenvalue weighted by Gasteiger charge is 2.53. The molecule has 0 unspecified atom stereocenters. The first kappa shape index (κ1) is 27.8. The van der Waals surface area contributed by atoms with E-state index in [-0.39, 0.29) is 17.9 Å². The van der Waals surface area contributed by atoms with E-state index in [0.29, 0.717) is 41.7 Å². The lowest BCUT2D eigenvalue weighted by atomic mass is 9.79. The van der Waals surface area contributed by atoms with Crippen LogP contribution in [0.2, 0.25) is 15.1 Å². The van der Waals surface area contributed by atoms with Crippen molar-refractivity contribution in [3.8, 4) is 17.2 Å². The molecule has 3 heterocycles. The molecule has 0 fully saturated rings. The Hall–Kier alpha value is -3.30. The second kappa shape index (κ2) is 10.5. The number of para-hydroxylation sites is 1.